The van der Waals surface area contributed by atoms with Crippen molar-refractivity contribution in [3.63, 3.8) is 0 Å². The molecule has 1 heterocycles. The number of hydrogen-bond acceptors (Lipinski definition) is 3. The van der Waals surface area contributed by atoms with Crippen molar-refractivity contribution in [1.82, 2.24) is 0 Å². The summed E-state index contributed by atoms with van der Waals surface area (Å²) in [5.41, 5.74) is 6.16. The molecule has 0 bridgehead atoms. The van der Waals surface area contributed by atoms with Gasteiger partial charge in [-0.2, -0.15) is 0 Å². The second-order valence-corrected chi connectivity index (χ2v) is 5.58. The van der Waals surface area contributed by atoms with E-state index in [1.807, 2.05) is 0 Å². The molecular weight excluding hydrogens is 234 g/mol. The van der Waals surface area contributed by atoms with Gasteiger partial charge >= 0.3 is 0 Å². The van der Waals surface area contributed by atoms with E-state index in [1.54, 1.807) is 18.2 Å². The molecule has 0 saturated carbocycles. The van der Waals surface area contributed by atoms with Crippen LogP contribution in [0.1, 0.15) is 6.42 Å². The predicted octanol–water partition coefficient (Wildman–Crippen LogP) is 1.82. The number of rotatable bonds is 2. The largest absolute Gasteiger partial charge is 0.399 e. The summed E-state index contributed by atoms with van der Waals surface area (Å²) in [6.07, 6.45) is 0.827. The zero-order valence-corrected chi connectivity index (χ0v) is 9.68. The van der Waals surface area contributed by atoms with Crippen LogP contribution >= 0.6 is 11.6 Å². The van der Waals surface area contributed by atoms with Crippen molar-refractivity contribution < 1.29 is 8.95 Å². The van der Waals surface area contributed by atoms with Gasteiger partial charge in [0.1, 0.15) is 0 Å². The lowest BCUT2D eigenvalue weighted by molar-refractivity contribution is 0.199. The minimum atomic E-state index is -1.09. The Morgan fingerprint density at radius 3 is 2.93 bits per heavy atom. The first kappa shape index (κ1) is 10.9. The number of benzene rings is 1. The van der Waals surface area contributed by atoms with Crippen molar-refractivity contribution in [3.05, 3.63) is 23.2 Å². The summed E-state index contributed by atoms with van der Waals surface area (Å²) in [4.78, 5) is 0.654. The zero-order chi connectivity index (χ0) is 10.8. The maximum atomic E-state index is 12.1. The molecule has 1 aliphatic heterocycles. The van der Waals surface area contributed by atoms with Gasteiger partial charge in [-0.3, -0.25) is 4.21 Å². The van der Waals surface area contributed by atoms with Crippen molar-refractivity contribution in [2.45, 2.75) is 16.6 Å². The minimum absolute atomic E-state index is 0.0612. The number of halogens is 1. The second kappa shape index (κ2) is 4.51. The van der Waals surface area contributed by atoms with Crippen molar-refractivity contribution in [1.29, 1.82) is 0 Å². The van der Waals surface area contributed by atoms with Crippen LogP contribution in [0.25, 0.3) is 0 Å². The van der Waals surface area contributed by atoms with Gasteiger partial charge in [0.15, 0.2) is 0 Å². The molecule has 2 rings (SSSR count). The van der Waals surface area contributed by atoms with Crippen LogP contribution in [0.4, 0.5) is 5.69 Å². The lowest BCUT2D eigenvalue weighted by atomic mass is 10.3. The molecule has 1 aliphatic rings. The number of nitrogen functional groups attached to an aromatic ring is 1. The molecule has 0 amide bonds. The third kappa shape index (κ3) is 2.33. The van der Waals surface area contributed by atoms with E-state index in [-0.39, 0.29) is 5.25 Å². The quantitative estimate of drug-likeness (QED) is 0.809. The van der Waals surface area contributed by atoms with E-state index < -0.39 is 10.8 Å². The lowest BCUT2D eigenvalue weighted by Crippen LogP contribution is -2.15. The predicted molar refractivity (Wildman–Crippen MR) is 61.5 cm³/mol. The SMILES string of the molecule is Nc1ccc(S(=O)C2CCOC2)c(Cl)c1. The van der Waals surface area contributed by atoms with Gasteiger partial charge in [0.2, 0.25) is 0 Å². The molecule has 1 fully saturated rings. The summed E-state index contributed by atoms with van der Waals surface area (Å²) in [6.45, 7) is 1.23. The van der Waals surface area contributed by atoms with Gasteiger partial charge in [-0.25, -0.2) is 0 Å². The zero-order valence-electron chi connectivity index (χ0n) is 8.11. The third-order valence-corrected chi connectivity index (χ3v) is 4.55. The van der Waals surface area contributed by atoms with Gasteiger partial charge < -0.3 is 10.5 Å². The lowest BCUT2D eigenvalue weighted by Gasteiger charge is -2.09. The Hall–Kier alpha value is -0.580. The van der Waals surface area contributed by atoms with Crippen LogP contribution in [0, 0.1) is 0 Å². The molecular formula is C10H12ClNO2S. The maximum Gasteiger partial charge on any atom is 0.0650 e. The molecule has 0 aromatic heterocycles. The van der Waals surface area contributed by atoms with Gasteiger partial charge in [-0.05, 0) is 24.6 Å². The topological polar surface area (TPSA) is 52.3 Å². The highest BCUT2D eigenvalue weighted by Gasteiger charge is 2.24. The van der Waals surface area contributed by atoms with Crippen molar-refractivity contribution >= 4 is 28.1 Å². The van der Waals surface area contributed by atoms with E-state index in [2.05, 4.69) is 0 Å². The first-order valence-corrected chi connectivity index (χ1v) is 6.31. The highest BCUT2D eigenvalue weighted by atomic mass is 35.5. The average Bonchev–Trinajstić information content (AvgIpc) is 2.69. The van der Waals surface area contributed by atoms with Gasteiger partial charge in [0.25, 0.3) is 0 Å². The summed E-state index contributed by atoms with van der Waals surface area (Å²) in [5.74, 6) is 0. The Morgan fingerprint density at radius 2 is 2.33 bits per heavy atom. The van der Waals surface area contributed by atoms with Crippen molar-refractivity contribution in [2.24, 2.45) is 0 Å². The number of hydrogen-bond donors (Lipinski definition) is 1. The molecule has 0 radical (unpaired) electrons. The Morgan fingerprint density at radius 1 is 1.53 bits per heavy atom. The molecule has 0 spiro atoms. The fourth-order valence-electron chi connectivity index (χ4n) is 1.54. The monoisotopic (exact) mass is 245 g/mol. The Bertz CT molecular complexity index is 391. The van der Waals surface area contributed by atoms with Crippen LogP contribution in [0.2, 0.25) is 5.02 Å². The standard InChI is InChI=1S/C10H12ClNO2S/c11-9-5-7(12)1-2-10(9)15(13)8-3-4-14-6-8/h1-2,5,8H,3-4,6,12H2. The molecule has 0 aliphatic carbocycles. The molecule has 2 N–H and O–H groups in total. The van der Waals surface area contributed by atoms with Crippen LogP contribution in [0.5, 0.6) is 0 Å². The highest BCUT2D eigenvalue weighted by Crippen LogP contribution is 2.26. The van der Waals surface area contributed by atoms with Crippen LogP contribution in [-0.4, -0.2) is 22.7 Å². The summed E-state index contributed by atoms with van der Waals surface area (Å²) >= 11 is 5.99. The Balaban J connectivity index is 2.24. The molecule has 82 valence electrons. The average molecular weight is 246 g/mol. The molecule has 5 heteroatoms. The first-order valence-electron chi connectivity index (χ1n) is 4.72. The van der Waals surface area contributed by atoms with Crippen molar-refractivity contribution in [3.8, 4) is 0 Å². The summed E-state index contributed by atoms with van der Waals surface area (Å²) in [5, 5.41) is 0.534. The van der Waals surface area contributed by atoms with Crippen LogP contribution < -0.4 is 5.73 Å². The van der Waals surface area contributed by atoms with Gasteiger partial charge in [-0.1, -0.05) is 11.6 Å². The molecule has 1 saturated heterocycles. The van der Waals surface area contributed by atoms with E-state index in [4.69, 9.17) is 22.1 Å². The second-order valence-electron chi connectivity index (χ2n) is 3.47. The third-order valence-electron chi connectivity index (χ3n) is 2.36. The molecule has 3 nitrogen and oxygen atoms in total. The van der Waals surface area contributed by atoms with E-state index >= 15 is 0 Å². The minimum Gasteiger partial charge on any atom is -0.399 e. The fourth-order valence-corrected chi connectivity index (χ4v) is 3.30. The van der Waals surface area contributed by atoms with E-state index in [0.717, 1.165) is 6.42 Å². The molecule has 1 aromatic rings. The normalized spacial score (nSPS) is 22.9. The Kier molecular flexibility index (Phi) is 3.29. The van der Waals surface area contributed by atoms with Crippen molar-refractivity contribution in [2.75, 3.05) is 18.9 Å². The Labute approximate surface area is 96.0 Å². The highest BCUT2D eigenvalue weighted by molar-refractivity contribution is 7.85. The summed E-state index contributed by atoms with van der Waals surface area (Å²) in [7, 11) is -1.09. The molecule has 2 atom stereocenters. The van der Waals surface area contributed by atoms with E-state index in [1.165, 1.54) is 0 Å². The number of anilines is 1. The van der Waals surface area contributed by atoms with Crippen LogP contribution in [0.15, 0.2) is 23.1 Å². The summed E-state index contributed by atoms with van der Waals surface area (Å²) < 4.78 is 17.3. The van der Waals surface area contributed by atoms with Gasteiger partial charge in [-0.15, -0.1) is 0 Å². The molecule has 15 heavy (non-hydrogen) atoms. The van der Waals surface area contributed by atoms with E-state index in [9.17, 15) is 4.21 Å². The maximum absolute atomic E-state index is 12.1. The fraction of sp³-hybridized carbons (Fsp3) is 0.400. The molecule has 1 aromatic carbocycles. The molecule has 2 unspecified atom stereocenters. The number of ether oxygens (including phenoxy) is 1. The van der Waals surface area contributed by atoms with Gasteiger partial charge in [0, 0.05) is 12.3 Å². The smallest absolute Gasteiger partial charge is 0.0650 e. The van der Waals surface area contributed by atoms with Crippen LogP contribution in [-0.2, 0) is 15.5 Å². The number of nitrogens with two attached hydrogens (primary N) is 1. The first-order chi connectivity index (χ1) is 7.18. The summed E-state index contributed by atoms with van der Waals surface area (Å²) in [6, 6.07) is 5.08. The van der Waals surface area contributed by atoms with Crippen LogP contribution in [0.3, 0.4) is 0 Å². The van der Waals surface area contributed by atoms with E-state index in [0.29, 0.717) is 28.8 Å². The van der Waals surface area contributed by atoms with Gasteiger partial charge in [0.05, 0.1) is 32.6 Å².